The maximum Gasteiger partial charge on any atom is 0.303 e. The Morgan fingerprint density at radius 1 is 0.944 bits per heavy atom. The van der Waals surface area contributed by atoms with E-state index in [-0.39, 0.29) is 24.2 Å². The second kappa shape index (κ2) is 11.1. The smallest absolute Gasteiger partial charge is 0.303 e. The van der Waals surface area contributed by atoms with Crippen molar-refractivity contribution < 1.29 is 19.1 Å². The summed E-state index contributed by atoms with van der Waals surface area (Å²) in [6.07, 6.45) is 1.91. The summed E-state index contributed by atoms with van der Waals surface area (Å²) < 4.78 is 13.3. The van der Waals surface area contributed by atoms with Gasteiger partial charge in [-0.25, -0.2) is 14.4 Å². The van der Waals surface area contributed by atoms with Gasteiger partial charge in [-0.15, -0.1) is 0 Å². The molecule has 0 aliphatic carbocycles. The third-order valence-corrected chi connectivity index (χ3v) is 6.34. The van der Waals surface area contributed by atoms with Crippen molar-refractivity contribution in [3.8, 4) is 11.3 Å². The number of carbonyl (C=O) groups excluding carboxylic acids is 1. The van der Waals surface area contributed by atoms with E-state index in [0.29, 0.717) is 35.9 Å². The highest BCUT2D eigenvalue weighted by Crippen LogP contribution is 2.27. The molecule has 7 heteroatoms. The molecule has 3 aromatic carbocycles. The molecule has 0 spiro atoms. The Kier molecular flexibility index (Phi) is 7.68. The minimum Gasteiger partial charge on any atom is -0.481 e. The number of nitrogens with zero attached hydrogens (tertiary/aromatic N) is 3. The first-order valence-electron chi connectivity index (χ1n) is 11.9. The van der Waals surface area contributed by atoms with Crippen LogP contribution in [0, 0.1) is 5.82 Å². The van der Waals surface area contributed by atoms with Crippen molar-refractivity contribution in [2.24, 2.45) is 0 Å². The first-order valence-corrected chi connectivity index (χ1v) is 11.9. The average Bonchev–Trinajstić information content (AvgIpc) is 2.90. The highest BCUT2D eigenvalue weighted by Gasteiger charge is 2.20. The Labute approximate surface area is 209 Å². The lowest BCUT2D eigenvalue weighted by Crippen LogP contribution is -2.29. The van der Waals surface area contributed by atoms with Crippen molar-refractivity contribution in [2.45, 2.75) is 38.6 Å². The number of unbranched alkanes of at least 4 members (excludes halogenated alkanes) is 1. The zero-order chi connectivity index (χ0) is 25.7. The van der Waals surface area contributed by atoms with Gasteiger partial charge in [0.25, 0.3) is 5.91 Å². The lowest BCUT2D eigenvalue weighted by molar-refractivity contribution is -0.137. The largest absolute Gasteiger partial charge is 0.481 e. The highest BCUT2D eigenvalue weighted by atomic mass is 19.1. The molecule has 0 radical (unpaired) electrons. The molecule has 4 aromatic rings. The molecule has 0 unspecified atom stereocenters. The van der Waals surface area contributed by atoms with Crippen molar-refractivity contribution in [1.29, 1.82) is 0 Å². The van der Waals surface area contributed by atoms with Crippen LogP contribution in [0.4, 0.5) is 4.39 Å². The number of aromatic nitrogens is 2. The van der Waals surface area contributed by atoms with Gasteiger partial charge < -0.3 is 10.0 Å². The molecular formula is C29H28FN3O3. The maximum absolute atomic E-state index is 13.3. The predicted molar refractivity (Wildman–Crippen MR) is 137 cm³/mol. The van der Waals surface area contributed by atoms with E-state index in [1.807, 2.05) is 37.3 Å². The number of amides is 1. The van der Waals surface area contributed by atoms with E-state index in [9.17, 15) is 14.0 Å². The SMILES string of the molecule is C[C@H](c1ccc(F)cc1)N(C)C(=O)c1ccc2nc(-c3ccccc3)c(CCCCC(=O)O)nc2c1. The summed E-state index contributed by atoms with van der Waals surface area (Å²) in [6, 6.07) is 20.9. The maximum atomic E-state index is 13.3. The summed E-state index contributed by atoms with van der Waals surface area (Å²) in [4.78, 5) is 35.5. The monoisotopic (exact) mass is 485 g/mol. The minimum atomic E-state index is -0.815. The van der Waals surface area contributed by atoms with Crippen LogP contribution in [0.15, 0.2) is 72.8 Å². The van der Waals surface area contributed by atoms with E-state index in [0.717, 1.165) is 22.5 Å². The van der Waals surface area contributed by atoms with E-state index in [1.54, 1.807) is 42.3 Å². The Bertz CT molecular complexity index is 1370. The number of aryl methyl sites for hydroxylation is 1. The van der Waals surface area contributed by atoms with Gasteiger partial charge in [0.05, 0.1) is 28.5 Å². The molecule has 0 saturated heterocycles. The van der Waals surface area contributed by atoms with Crippen LogP contribution >= 0.6 is 0 Å². The third kappa shape index (κ3) is 5.74. The van der Waals surface area contributed by atoms with Crippen LogP contribution in [0.3, 0.4) is 0 Å². The normalized spacial score (nSPS) is 11.9. The number of fused-ring (bicyclic) bond motifs is 1. The molecule has 0 aliphatic rings. The van der Waals surface area contributed by atoms with Crippen LogP contribution in [0.25, 0.3) is 22.3 Å². The number of carboxylic acids is 1. The van der Waals surface area contributed by atoms with Crippen LogP contribution in [0.5, 0.6) is 0 Å². The second-order valence-corrected chi connectivity index (χ2v) is 8.83. The molecule has 0 fully saturated rings. The zero-order valence-electron chi connectivity index (χ0n) is 20.3. The zero-order valence-corrected chi connectivity index (χ0v) is 20.3. The van der Waals surface area contributed by atoms with Crippen molar-refractivity contribution in [3.63, 3.8) is 0 Å². The van der Waals surface area contributed by atoms with Crippen LogP contribution in [0.1, 0.15) is 53.8 Å². The number of hydrogen-bond donors (Lipinski definition) is 1. The Hall–Kier alpha value is -4.13. The van der Waals surface area contributed by atoms with Crippen molar-refractivity contribution >= 4 is 22.9 Å². The van der Waals surface area contributed by atoms with Crippen molar-refractivity contribution in [1.82, 2.24) is 14.9 Å². The van der Waals surface area contributed by atoms with E-state index in [2.05, 4.69) is 0 Å². The molecule has 1 atom stereocenters. The standard InChI is InChI=1S/C29H28FN3O3/c1-19(20-12-15-23(30)16-13-20)33(2)29(36)22-14-17-24-26(18-22)31-25(10-6-7-11-27(34)35)28(32-24)21-8-4-3-5-9-21/h3-5,8-9,12-19H,6-7,10-11H2,1-2H3,(H,34,35)/t19-/m1/s1. The number of carbonyl (C=O) groups is 2. The summed E-state index contributed by atoms with van der Waals surface area (Å²) in [5.74, 6) is -1.31. The van der Waals surface area contributed by atoms with E-state index < -0.39 is 5.97 Å². The molecule has 36 heavy (non-hydrogen) atoms. The quantitative estimate of drug-likeness (QED) is 0.291. The summed E-state index contributed by atoms with van der Waals surface area (Å²) in [5, 5.41) is 8.96. The number of carboxylic acid groups (broad SMARTS) is 1. The van der Waals surface area contributed by atoms with Crippen molar-refractivity contribution in [3.05, 3.63) is 95.4 Å². The van der Waals surface area contributed by atoms with E-state index in [1.165, 1.54) is 12.1 Å². The van der Waals surface area contributed by atoms with Gasteiger partial charge in [-0.2, -0.15) is 0 Å². The number of hydrogen-bond acceptors (Lipinski definition) is 4. The Morgan fingerprint density at radius 3 is 2.36 bits per heavy atom. The average molecular weight is 486 g/mol. The topological polar surface area (TPSA) is 83.4 Å². The minimum absolute atomic E-state index is 0.110. The van der Waals surface area contributed by atoms with Crippen molar-refractivity contribution in [2.75, 3.05) is 7.05 Å². The Morgan fingerprint density at radius 2 is 1.67 bits per heavy atom. The summed E-state index contributed by atoms with van der Waals surface area (Å²) in [7, 11) is 1.72. The van der Waals surface area contributed by atoms with Gasteiger partial charge in [-0.05, 0) is 62.1 Å². The van der Waals surface area contributed by atoms with Crippen LogP contribution in [0.2, 0.25) is 0 Å². The summed E-state index contributed by atoms with van der Waals surface area (Å²) >= 11 is 0. The number of halogens is 1. The molecule has 6 nitrogen and oxygen atoms in total. The molecule has 0 aliphatic heterocycles. The van der Waals surface area contributed by atoms with Gasteiger partial charge >= 0.3 is 5.97 Å². The fraction of sp³-hybridized carbons (Fsp3) is 0.241. The summed E-state index contributed by atoms with van der Waals surface area (Å²) in [5.41, 5.74) is 5.08. The molecule has 1 heterocycles. The lowest BCUT2D eigenvalue weighted by atomic mass is 10.0. The van der Waals surface area contributed by atoms with Gasteiger partial charge in [0.1, 0.15) is 5.82 Å². The fourth-order valence-corrected chi connectivity index (χ4v) is 4.14. The molecule has 0 bridgehead atoms. The van der Waals surface area contributed by atoms with Gasteiger partial charge in [0, 0.05) is 24.6 Å². The fourth-order valence-electron chi connectivity index (χ4n) is 4.14. The molecular weight excluding hydrogens is 457 g/mol. The van der Waals surface area contributed by atoms with Crippen LogP contribution in [-0.4, -0.2) is 38.9 Å². The first kappa shape index (κ1) is 25.0. The number of benzene rings is 3. The molecule has 184 valence electrons. The first-order chi connectivity index (χ1) is 17.3. The summed E-state index contributed by atoms with van der Waals surface area (Å²) in [6.45, 7) is 1.90. The van der Waals surface area contributed by atoms with Gasteiger partial charge in [-0.3, -0.25) is 9.59 Å². The molecule has 0 saturated carbocycles. The predicted octanol–water partition coefficient (Wildman–Crippen LogP) is 6.07. The second-order valence-electron chi connectivity index (χ2n) is 8.83. The van der Waals surface area contributed by atoms with E-state index in [4.69, 9.17) is 15.1 Å². The number of aliphatic carboxylic acids is 1. The highest BCUT2D eigenvalue weighted by molar-refractivity contribution is 5.97. The van der Waals surface area contributed by atoms with E-state index >= 15 is 0 Å². The van der Waals surface area contributed by atoms with Gasteiger partial charge in [0.15, 0.2) is 0 Å². The molecule has 1 N–H and O–H groups in total. The molecule has 4 rings (SSSR count). The third-order valence-electron chi connectivity index (χ3n) is 6.34. The number of rotatable bonds is 9. The Balaban J connectivity index is 1.64. The molecule has 1 amide bonds. The van der Waals surface area contributed by atoms with Gasteiger partial charge in [-0.1, -0.05) is 42.5 Å². The van der Waals surface area contributed by atoms with Crippen LogP contribution in [-0.2, 0) is 11.2 Å². The van der Waals surface area contributed by atoms with Crippen LogP contribution < -0.4 is 0 Å². The molecule has 1 aromatic heterocycles. The van der Waals surface area contributed by atoms with Gasteiger partial charge in [0.2, 0.25) is 0 Å². The lowest BCUT2D eigenvalue weighted by Gasteiger charge is -2.25.